The molecule has 1 atom stereocenters. The SMILES string of the molecule is CCC(=O)C1CCN(C(=O)CC#N)C1. The van der Waals surface area contributed by atoms with E-state index in [2.05, 4.69) is 0 Å². The lowest BCUT2D eigenvalue weighted by atomic mass is 10.0. The molecule has 0 aromatic carbocycles. The zero-order valence-electron chi connectivity index (χ0n) is 8.32. The van der Waals surface area contributed by atoms with E-state index in [1.807, 2.05) is 13.0 Å². The molecule has 76 valence electrons. The molecule has 0 bridgehead atoms. The van der Waals surface area contributed by atoms with Gasteiger partial charge in [-0.2, -0.15) is 5.26 Å². The minimum atomic E-state index is -0.154. The third-order valence-corrected chi connectivity index (χ3v) is 2.58. The summed E-state index contributed by atoms with van der Waals surface area (Å²) in [7, 11) is 0. The Balaban J connectivity index is 2.45. The van der Waals surface area contributed by atoms with Crippen LogP contribution in [-0.4, -0.2) is 29.7 Å². The van der Waals surface area contributed by atoms with Crippen molar-refractivity contribution in [2.75, 3.05) is 13.1 Å². The number of rotatable bonds is 3. The van der Waals surface area contributed by atoms with Crippen LogP contribution < -0.4 is 0 Å². The van der Waals surface area contributed by atoms with E-state index in [9.17, 15) is 9.59 Å². The highest BCUT2D eigenvalue weighted by molar-refractivity contribution is 5.84. The number of Topliss-reactive ketones (excluding diaryl/α,β-unsaturated/α-hetero) is 1. The number of likely N-dealkylation sites (tertiary alicyclic amines) is 1. The minimum absolute atomic E-state index is 0.00245. The molecule has 0 radical (unpaired) electrons. The quantitative estimate of drug-likeness (QED) is 0.665. The van der Waals surface area contributed by atoms with Crippen molar-refractivity contribution in [3.8, 4) is 6.07 Å². The fourth-order valence-electron chi connectivity index (χ4n) is 1.72. The van der Waals surface area contributed by atoms with Crippen molar-refractivity contribution in [3.63, 3.8) is 0 Å². The molecule has 1 fully saturated rings. The molecule has 14 heavy (non-hydrogen) atoms. The topological polar surface area (TPSA) is 61.2 Å². The zero-order chi connectivity index (χ0) is 10.6. The van der Waals surface area contributed by atoms with Gasteiger partial charge in [0.2, 0.25) is 5.91 Å². The van der Waals surface area contributed by atoms with Crippen LogP contribution in [0, 0.1) is 17.2 Å². The third kappa shape index (κ3) is 2.32. The highest BCUT2D eigenvalue weighted by Gasteiger charge is 2.29. The summed E-state index contributed by atoms with van der Waals surface area (Å²) >= 11 is 0. The number of amides is 1. The molecular weight excluding hydrogens is 180 g/mol. The first-order valence-electron chi connectivity index (χ1n) is 4.86. The van der Waals surface area contributed by atoms with E-state index < -0.39 is 0 Å². The standard InChI is InChI=1S/C10H14N2O2/c1-2-9(13)8-4-6-12(7-8)10(14)3-5-11/h8H,2-4,6-7H2,1H3. The largest absolute Gasteiger partial charge is 0.341 e. The first-order chi connectivity index (χ1) is 6.69. The van der Waals surface area contributed by atoms with Crippen LogP contribution in [-0.2, 0) is 9.59 Å². The predicted molar refractivity (Wildman–Crippen MR) is 50.2 cm³/mol. The summed E-state index contributed by atoms with van der Waals surface area (Å²) in [6.07, 6.45) is 1.21. The molecule has 0 aromatic heterocycles. The number of carbonyl (C=O) groups is 2. The smallest absolute Gasteiger partial charge is 0.236 e. The van der Waals surface area contributed by atoms with Gasteiger partial charge in [-0.25, -0.2) is 0 Å². The predicted octanol–water partition coefficient (Wildman–Crippen LogP) is 0.728. The van der Waals surface area contributed by atoms with Gasteiger partial charge in [-0.05, 0) is 6.42 Å². The van der Waals surface area contributed by atoms with Crippen molar-refractivity contribution in [2.45, 2.75) is 26.2 Å². The molecule has 1 heterocycles. The maximum Gasteiger partial charge on any atom is 0.236 e. The fourth-order valence-corrected chi connectivity index (χ4v) is 1.72. The number of hydrogen-bond acceptors (Lipinski definition) is 3. The van der Waals surface area contributed by atoms with Gasteiger partial charge in [0.05, 0.1) is 6.07 Å². The molecule has 1 rings (SSSR count). The second-order valence-corrected chi connectivity index (χ2v) is 3.48. The highest BCUT2D eigenvalue weighted by Crippen LogP contribution is 2.18. The van der Waals surface area contributed by atoms with E-state index in [4.69, 9.17) is 5.26 Å². The molecule has 1 amide bonds. The Kier molecular flexibility index (Phi) is 3.63. The fraction of sp³-hybridized carbons (Fsp3) is 0.700. The normalized spacial score (nSPS) is 20.6. The summed E-state index contributed by atoms with van der Waals surface area (Å²) in [6, 6.07) is 1.83. The molecule has 0 N–H and O–H groups in total. The number of carbonyl (C=O) groups excluding carboxylic acids is 2. The second-order valence-electron chi connectivity index (χ2n) is 3.48. The number of ketones is 1. The second kappa shape index (κ2) is 4.75. The van der Waals surface area contributed by atoms with E-state index >= 15 is 0 Å². The van der Waals surface area contributed by atoms with Crippen LogP contribution in [0.25, 0.3) is 0 Å². The molecule has 1 aliphatic rings. The first kappa shape index (κ1) is 10.7. The molecule has 0 aromatic rings. The Morgan fingerprint density at radius 1 is 1.57 bits per heavy atom. The van der Waals surface area contributed by atoms with Crippen LogP contribution in [0.1, 0.15) is 26.2 Å². The third-order valence-electron chi connectivity index (χ3n) is 2.58. The Bertz CT molecular complexity index is 280. The molecule has 0 saturated carbocycles. The first-order valence-corrected chi connectivity index (χ1v) is 4.86. The molecule has 1 aliphatic heterocycles. The number of nitrogens with zero attached hydrogens (tertiary/aromatic N) is 2. The summed E-state index contributed by atoms with van der Waals surface area (Å²) < 4.78 is 0. The lowest BCUT2D eigenvalue weighted by Gasteiger charge is -2.13. The van der Waals surface area contributed by atoms with E-state index in [0.717, 1.165) is 6.42 Å². The molecular formula is C10H14N2O2. The van der Waals surface area contributed by atoms with Crippen molar-refractivity contribution in [1.29, 1.82) is 5.26 Å². The van der Waals surface area contributed by atoms with Crippen LogP contribution in [0.4, 0.5) is 0 Å². The van der Waals surface area contributed by atoms with Crippen LogP contribution in [0.15, 0.2) is 0 Å². The summed E-state index contributed by atoms with van der Waals surface area (Å²) in [5.74, 6) is 0.0683. The minimum Gasteiger partial charge on any atom is -0.341 e. The van der Waals surface area contributed by atoms with Gasteiger partial charge < -0.3 is 4.90 Å². The Labute approximate surface area is 83.5 Å². The van der Waals surface area contributed by atoms with Crippen molar-refractivity contribution in [2.24, 2.45) is 5.92 Å². The van der Waals surface area contributed by atoms with Crippen LogP contribution >= 0.6 is 0 Å². The zero-order valence-corrected chi connectivity index (χ0v) is 8.32. The summed E-state index contributed by atoms with van der Waals surface area (Å²) in [5, 5.41) is 8.35. The van der Waals surface area contributed by atoms with Gasteiger partial charge in [-0.1, -0.05) is 6.92 Å². The van der Waals surface area contributed by atoms with Crippen molar-refractivity contribution < 1.29 is 9.59 Å². The van der Waals surface area contributed by atoms with E-state index in [0.29, 0.717) is 19.5 Å². The van der Waals surface area contributed by atoms with Gasteiger partial charge in [-0.3, -0.25) is 9.59 Å². The molecule has 4 nitrogen and oxygen atoms in total. The maximum absolute atomic E-state index is 11.3. The molecule has 1 unspecified atom stereocenters. The van der Waals surface area contributed by atoms with Gasteiger partial charge in [-0.15, -0.1) is 0 Å². The van der Waals surface area contributed by atoms with Gasteiger partial charge in [0.25, 0.3) is 0 Å². The average molecular weight is 194 g/mol. The lowest BCUT2D eigenvalue weighted by Crippen LogP contribution is -2.29. The van der Waals surface area contributed by atoms with Crippen molar-refractivity contribution >= 4 is 11.7 Å². The van der Waals surface area contributed by atoms with Gasteiger partial charge >= 0.3 is 0 Å². The molecule has 1 saturated heterocycles. The van der Waals surface area contributed by atoms with Gasteiger partial charge in [0, 0.05) is 25.4 Å². The monoisotopic (exact) mass is 194 g/mol. The maximum atomic E-state index is 11.3. The van der Waals surface area contributed by atoms with Crippen LogP contribution in [0.2, 0.25) is 0 Å². The number of hydrogen-bond donors (Lipinski definition) is 0. The summed E-state index contributed by atoms with van der Waals surface area (Å²) in [6.45, 7) is 2.96. The molecule has 4 heteroatoms. The Hall–Kier alpha value is -1.37. The van der Waals surface area contributed by atoms with Gasteiger partial charge in [0.1, 0.15) is 12.2 Å². The van der Waals surface area contributed by atoms with E-state index in [-0.39, 0.29) is 24.0 Å². The lowest BCUT2D eigenvalue weighted by molar-refractivity contribution is -0.129. The highest BCUT2D eigenvalue weighted by atomic mass is 16.2. The molecule has 0 aliphatic carbocycles. The Morgan fingerprint density at radius 3 is 2.86 bits per heavy atom. The average Bonchev–Trinajstić information content (AvgIpc) is 2.66. The number of nitriles is 1. The summed E-state index contributed by atoms with van der Waals surface area (Å²) in [4.78, 5) is 24.2. The van der Waals surface area contributed by atoms with Crippen LogP contribution in [0.3, 0.4) is 0 Å². The van der Waals surface area contributed by atoms with Gasteiger partial charge in [0.15, 0.2) is 0 Å². The summed E-state index contributed by atoms with van der Waals surface area (Å²) in [5.41, 5.74) is 0. The van der Waals surface area contributed by atoms with Crippen molar-refractivity contribution in [3.05, 3.63) is 0 Å². The van der Waals surface area contributed by atoms with Crippen LogP contribution in [0.5, 0.6) is 0 Å². The van der Waals surface area contributed by atoms with E-state index in [1.54, 1.807) is 4.90 Å². The van der Waals surface area contributed by atoms with Crippen molar-refractivity contribution in [1.82, 2.24) is 4.90 Å². The molecule has 0 spiro atoms. The van der Waals surface area contributed by atoms with E-state index in [1.165, 1.54) is 0 Å². The Morgan fingerprint density at radius 2 is 2.29 bits per heavy atom.